The number of hydrogen-bond acceptors (Lipinski definition) is 3. The number of halogens is 1. The van der Waals surface area contributed by atoms with E-state index < -0.39 is 5.97 Å². The summed E-state index contributed by atoms with van der Waals surface area (Å²) in [7, 11) is 0. The first kappa shape index (κ1) is 14.5. The van der Waals surface area contributed by atoms with Crippen LogP contribution in [0.15, 0.2) is 71.2 Å². The molecule has 3 rings (SSSR count). The average molecular weight is 354 g/mol. The van der Waals surface area contributed by atoms with Crippen molar-refractivity contribution in [2.75, 3.05) is 0 Å². The fourth-order valence-corrected chi connectivity index (χ4v) is 2.25. The van der Waals surface area contributed by atoms with E-state index in [0.29, 0.717) is 11.4 Å². The highest BCUT2D eigenvalue weighted by molar-refractivity contribution is 9.10. The molecule has 2 aromatic carbocycles. The maximum atomic E-state index is 11.8. The summed E-state index contributed by atoms with van der Waals surface area (Å²) in [5, 5.41) is 1.07. The Morgan fingerprint density at radius 3 is 2.59 bits per heavy atom. The number of hydrogen-bond donors (Lipinski definition) is 0. The van der Waals surface area contributed by atoms with E-state index in [0.717, 1.165) is 15.4 Å². The van der Waals surface area contributed by atoms with Gasteiger partial charge in [0.25, 0.3) is 0 Å². The molecule has 0 fully saturated rings. The van der Waals surface area contributed by atoms with Gasteiger partial charge in [-0.25, -0.2) is 9.78 Å². The summed E-state index contributed by atoms with van der Waals surface area (Å²) in [6.07, 6.45) is 3.02. The molecule has 0 saturated carbocycles. The number of benzene rings is 2. The Bertz CT molecular complexity index is 841. The van der Waals surface area contributed by atoms with Gasteiger partial charge in [0.1, 0.15) is 5.75 Å². The molecule has 0 aliphatic rings. The van der Waals surface area contributed by atoms with Crippen molar-refractivity contribution < 1.29 is 9.53 Å². The van der Waals surface area contributed by atoms with Gasteiger partial charge in [0.15, 0.2) is 0 Å². The Hall–Kier alpha value is -2.46. The fourth-order valence-electron chi connectivity index (χ4n) is 1.98. The Kier molecular flexibility index (Phi) is 4.30. The number of ether oxygens (including phenoxy) is 1. The second-order valence-electron chi connectivity index (χ2n) is 4.64. The lowest BCUT2D eigenvalue weighted by atomic mass is 10.2. The van der Waals surface area contributed by atoms with Crippen molar-refractivity contribution in [1.29, 1.82) is 0 Å². The zero-order valence-corrected chi connectivity index (χ0v) is 13.2. The van der Waals surface area contributed by atoms with Crippen LogP contribution in [0, 0.1) is 0 Å². The van der Waals surface area contributed by atoms with Crippen LogP contribution in [0.3, 0.4) is 0 Å². The fraction of sp³-hybridized carbons (Fsp3) is 0. The van der Waals surface area contributed by atoms with Crippen LogP contribution in [0.4, 0.5) is 0 Å². The first-order valence-electron chi connectivity index (χ1n) is 6.72. The molecule has 0 aliphatic heterocycles. The quantitative estimate of drug-likeness (QED) is 0.392. The zero-order valence-electron chi connectivity index (χ0n) is 11.6. The lowest BCUT2D eigenvalue weighted by Crippen LogP contribution is -2.03. The molecule has 0 spiro atoms. The Morgan fingerprint density at radius 2 is 1.77 bits per heavy atom. The van der Waals surface area contributed by atoms with Crippen molar-refractivity contribution in [2.45, 2.75) is 0 Å². The van der Waals surface area contributed by atoms with Gasteiger partial charge in [0.2, 0.25) is 0 Å². The average Bonchev–Trinajstić information content (AvgIpc) is 2.55. The van der Waals surface area contributed by atoms with Gasteiger partial charge in [-0.1, -0.05) is 40.2 Å². The van der Waals surface area contributed by atoms with Crippen molar-refractivity contribution >= 4 is 38.9 Å². The SMILES string of the molecule is O=C(/C=C/c1ccc2ccccc2n1)Oc1ccc(Br)cc1. The van der Waals surface area contributed by atoms with E-state index in [4.69, 9.17) is 4.74 Å². The second kappa shape index (κ2) is 6.54. The predicted octanol–water partition coefficient (Wildman–Crippen LogP) is 4.62. The number of esters is 1. The van der Waals surface area contributed by atoms with Gasteiger partial charge in [-0.15, -0.1) is 0 Å². The number of carbonyl (C=O) groups is 1. The maximum Gasteiger partial charge on any atom is 0.336 e. The predicted molar refractivity (Wildman–Crippen MR) is 90.6 cm³/mol. The van der Waals surface area contributed by atoms with E-state index in [1.54, 1.807) is 18.2 Å². The highest BCUT2D eigenvalue weighted by atomic mass is 79.9. The van der Waals surface area contributed by atoms with E-state index in [2.05, 4.69) is 20.9 Å². The Morgan fingerprint density at radius 1 is 1.00 bits per heavy atom. The summed E-state index contributed by atoms with van der Waals surface area (Å²) in [5.41, 5.74) is 1.61. The first-order chi connectivity index (χ1) is 10.7. The van der Waals surface area contributed by atoms with Crippen LogP contribution in [0.1, 0.15) is 5.69 Å². The molecule has 0 radical (unpaired) electrons. The first-order valence-corrected chi connectivity index (χ1v) is 7.51. The molecule has 0 saturated heterocycles. The lowest BCUT2D eigenvalue weighted by molar-refractivity contribution is -0.128. The highest BCUT2D eigenvalue weighted by Gasteiger charge is 2.01. The van der Waals surface area contributed by atoms with Gasteiger partial charge >= 0.3 is 5.97 Å². The minimum Gasteiger partial charge on any atom is -0.423 e. The van der Waals surface area contributed by atoms with E-state index in [-0.39, 0.29) is 0 Å². The van der Waals surface area contributed by atoms with Crippen LogP contribution < -0.4 is 4.74 Å². The molecular formula is C18H12BrNO2. The largest absolute Gasteiger partial charge is 0.423 e. The highest BCUT2D eigenvalue weighted by Crippen LogP contribution is 2.16. The van der Waals surface area contributed by atoms with Gasteiger partial charge in [0.05, 0.1) is 11.2 Å². The van der Waals surface area contributed by atoms with Crippen molar-refractivity contribution in [2.24, 2.45) is 0 Å². The maximum absolute atomic E-state index is 11.8. The number of carbonyl (C=O) groups excluding carboxylic acids is 1. The van der Waals surface area contributed by atoms with E-state index in [1.165, 1.54) is 6.08 Å². The topological polar surface area (TPSA) is 39.2 Å². The number of fused-ring (bicyclic) bond motifs is 1. The third-order valence-electron chi connectivity index (χ3n) is 3.04. The molecule has 0 unspecified atom stereocenters. The normalized spacial score (nSPS) is 11.0. The second-order valence-corrected chi connectivity index (χ2v) is 5.55. The number of aromatic nitrogens is 1. The molecular weight excluding hydrogens is 342 g/mol. The molecule has 3 aromatic rings. The third-order valence-corrected chi connectivity index (χ3v) is 3.57. The van der Waals surface area contributed by atoms with Crippen LogP contribution in [-0.4, -0.2) is 11.0 Å². The molecule has 108 valence electrons. The number of nitrogens with zero attached hydrogens (tertiary/aromatic N) is 1. The van der Waals surface area contributed by atoms with Crippen LogP contribution in [-0.2, 0) is 4.79 Å². The van der Waals surface area contributed by atoms with Gasteiger partial charge in [-0.2, -0.15) is 0 Å². The third kappa shape index (κ3) is 3.59. The van der Waals surface area contributed by atoms with Crippen LogP contribution in [0.5, 0.6) is 5.75 Å². The molecule has 1 heterocycles. The summed E-state index contributed by atoms with van der Waals surface area (Å²) in [6, 6.07) is 18.8. The molecule has 1 aromatic heterocycles. The molecule has 0 N–H and O–H groups in total. The molecule has 0 amide bonds. The monoisotopic (exact) mass is 353 g/mol. The van der Waals surface area contributed by atoms with E-state index in [9.17, 15) is 4.79 Å². The summed E-state index contributed by atoms with van der Waals surface area (Å²) in [4.78, 5) is 16.3. The summed E-state index contributed by atoms with van der Waals surface area (Å²) >= 11 is 3.33. The number of para-hydroxylation sites is 1. The van der Waals surface area contributed by atoms with Crippen LogP contribution in [0.25, 0.3) is 17.0 Å². The summed E-state index contributed by atoms with van der Waals surface area (Å²) in [6.45, 7) is 0. The van der Waals surface area contributed by atoms with Gasteiger partial charge in [-0.3, -0.25) is 0 Å². The summed E-state index contributed by atoms with van der Waals surface area (Å²) < 4.78 is 6.14. The Labute approximate surface area is 136 Å². The number of pyridine rings is 1. The molecule has 0 bridgehead atoms. The molecule has 4 heteroatoms. The minimum atomic E-state index is -0.433. The van der Waals surface area contributed by atoms with Gasteiger partial charge in [-0.05, 0) is 42.5 Å². The lowest BCUT2D eigenvalue weighted by Gasteiger charge is -2.01. The van der Waals surface area contributed by atoms with Crippen LogP contribution in [0.2, 0.25) is 0 Å². The van der Waals surface area contributed by atoms with Crippen molar-refractivity contribution in [3.8, 4) is 5.75 Å². The van der Waals surface area contributed by atoms with E-state index in [1.807, 2.05) is 48.5 Å². The van der Waals surface area contributed by atoms with Crippen molar-refractivity contribution in [3.63, 3.8) is 0 Å². The zero-order chi connectivity index (χ0) is 15.4. The molecule has 22 heavy (non-hydrogen) atoms. The molecule has 0 aliphatic carbocycles. The van der Waals surface area contributed by atoms with Crippen molar-refractivity contribution in [1.82, 2.24) is 4.98 Å². The Balaban J connectivity index is 1.71. The number of rotatable bonds is 3. The standard InChI is InChI=1S/C18H12BrNO2/c19-14-6-10-16(11-7-14)22-18(21)12-9-15-8-5-13-3-1-2-4-17(13)20-15/h1-12H/b12-9+. The smallest absolute Gasteiger partial charge is 0.336 e. The molecule has 0 atom stereocenters. The van der Waals surface area contributed by atoms with E-state index >= 15 is 0 Å². The molecule has 3 nitrogen and oxygen atoms in total. The minimum absolute atomic E-state index is 0.433. The van der Waals surface area contributed by atoms with Gasteiger partial charge in [0, 0.05) is 15.9 Å². The van der Waals surface area contributed by atoms with Crippen molar-refractivity contribution in [3.05, 3.63) is 76.9 Å². The van der Waals surface area contributed by atoms with Crippen LogP contribution >= 0.6 is 15.9 Å². The summed E-state index contributed by atoms with van der Waals surface area (Å²) in [5.74, 6) is 0.0709. The van der Waals surface area contributed by atoms with Gasteiger partial charge < -0.3 is 4.74 Å².